The first kappa shape index (κ1) is 15.5. The summed E-state index contributed by atoms with van der Waals surface area (Å²) in [5, 5.41) is 2.66. The first-order valence-corrected chi connectivity index (χ1v) is 8.71. The third kappa shape index (κ3) is 4.04. The SMILES string of the molecule is CC(=O)N1CCc2ccc(NC(=O)CCS(C)(=O)=O)cc21. The molecule has 1 aliphatic heterocycles. The molecule has 0 fully saturated rings. The Hall–Kier alpha value is -1.89. The maximum atomic E-state index is 11.7. The minimum Gasteiger partial charge on any atom is -0.326 e. The largest absolute Gasteiger partial charge is 0.326 e. The van der Waals surface area contributed by atoms with Crippen molar-refractivity contribution in [3.63, 3.8) is 0 Å². The molecule has 0 unspecified atom stereocenters. The van der Waals surface area contributed by atoms with Gasteiger partial charge in [-0.25, -0.2) is 8.42 Å². The highest BCUT2D eigenvalue weighted by Crippen LogP contribution is 2.30. The molecule has 0 saturated heterocycles. The Labute approximate surface area is 124 Å². The minimum atomic E-state index is -3.15. The second-order valence-corrected chi connectivity index (χ2v) is 7.45. The molecule has 0 aromatic heterocycles. The van der Waals surface area contributed by atoms with Crippen molar-refractivity contribution in [1.29, 1.82) is 0 Å². The first-order chi connectivity index (χ1) is 9.76. The molecule has 2 amide bonds. The van der Waals surface area contributed by atoms with Crippen molar-refractivity contribution in [1.82, 2.24) is 0 Å². The van der Waals surface area contributed by atoms with Crippen LogP contribution in [0.1, 0.15) is 18.9 Å². The lowest BCUT2D eigenvalue weighted by Crippen LogP contribution is -2.25. The molecule has 6 nitrogen and oxygen atoms in total. The number of amides is 2. The molecule has 0 saturated carbocycles. The van der Waals surface area contributed by atoms with Crippen molar-refractivity contribution >= 4 is 33.0 Å². The van der Waals surface area contributed by atoms with Crippen LogP contribution in [0.2, 0.25) is 0 Å². The summed E-state index contributed by atoms with van der Waals surface area (Å²) in [6.07, 6.45) is 1.82. The van der Waals surface area contributed by atoms with Crippen LogP contribution in [-0.2, 0) is 25.8 Å². The lowest BCUT2D eigenvalue weighted by Gasteiger charge is -2.15. The molecule has 114 valence electrons. The summed E-state index contributed by atoms with van der Waals surface area (Å²) in [4.78, 5) is 24.9. The van der Waals surface area contributed by atoms with Crippen LogP contribution in [0, 0.1) is 0 Å². The van der Waals surface area contributed by atoms with Gasteiger partial charge in [0.05, 0.1) is 5.75 Å². The fraction of sp³-hybridized carbons (Fsp3) is 0.429. The Morgan fingerprint density at radius 3 is 2.67 bits per heavy atom. The summed E-state index contributed by atoms with van der Waals surface area (Å²) in [5.74, 6) is -0.564. The molecular formula is C14H18N2O4S. The summed E-state index contributed by atoms with van der Waals surface area (Å²) in [6, 6.07) is 5.40. The Morgan fingerprint density at radius 1 is 1.33 bits per heavy atom. The molecule has 1 aromatic carbocycles. The maximum absolute atomic E-state index is 11.7. The van der Waals surface area contributed by atoms with Gasteiger partial charge in [-0.1, -0.05) is 6.07 Å². The van der Waals surface area contributed by atoms with Crippen molar-refractivity contribution in [3.05, 3.63) is 23.8 Å². The number of nitrogens with one attached hydrogen (secondary N) is 1. The van der Waals surface area contributed by atoms with E-state index in [9.17, 15) is 18.0 Å². The van der Waals surface area contributed by atoms with Gasteiger partial charge in [0.25, 0.3) is 0 Å². The summed E-state index contributed by atoms with van der Waals surface area (Å²) in [5.41, 5.74) is 2.45. The lowest BCUT2D eigenvalue weighted by atomic mass is 10.1. The predicted molar refractivity (Wildman–Crippen MR) is 81.1 cm³/mol. The number of hydrogen-bond donors (Lipinski definition) is 1. The van der Waals surface area contributed by atoms with E-state index in [0.29, 0.717) is 12.2 Å². The van der Waals surface area contributed by atoms with Crippen molar-refractivity contribution < 1.29 is 18.0 Å². The van der Waals surface area contributed by atoms with Gasteiger partial charge in [0.2, 0.25) is 11.8 Å². The minimum absolute atomic E-state index is 0.0331. The van der Waals surface area contributed by atoms with Crippen LogP contribution in [0.4, 0.5) is 11.4 Å². The second kappa shape index (κ2) is 5.85. The molecule has 7 heteroatoms. The topological polar surface area (TPSA) is 83.6 Å². The van der Waals surface area contributed by atoms with Gasteiger partial charge in [-0.15, -0.1) is 0 Å². The molecule has 0 radical (unpaired) electrons. The molecule has 0 aliphatic carbocycles. The van der Waals surface area contributed by atoms with Crippen molar-refractivity contribution in [2.45, 2.75) is 19.8 Å². The van der Waals surface area contributed by atoms with E-state index in [2.05, 4.69) is 5.32 Å². The van der Waals surface area contributed by atoms with Crippen LogP contribution >= 0.6 is 0 Å². The average Bonchev–Trinajstić information content (AvgIpc) is 2.78. The van der Waals surface area contributed by atoms with Gasteiger partial charge in [0, 0.05) is 37.5 Å². The fourth-order valence-electron chi connectivity index (χ4n) is 2.29. The first-order valence-electron chi connectivity index (χ1n) is 6.65. The van der Waals surface area contributed by atoms with Gasteiger partial charge in [0.1, 0.15) is 9.84 Å². The number of carbonyl (C=O) groups is 2. The van der Waals surface area contributed by atoms with Gasteiger partial charge >= 0.3 is 0 Å². The summed E-state index contributed by atoms with van der Waals surface area (Å²) in [6.45, 7) is 2.16. The van der Waals surface area contributed by atoms with E-state index in [1.54, 1.807) is 17.0 Å². The average molecular weight is 310 g/mol. The Morgan fingerprint density at radius 2 is 2.05 bits per heavy atom. The Kier molecular flexibility index (Phi) is 4.32. The van der Waals surface area contributed by atoms with Crippen LogP contribution in [0.3, 0.4) is 0 Å². The highest BCUT2D eigenvalue weighted by molar-refractivity contribution is 7.90. The number of carbonyl (C=O) groups excluding carboxylic acids is 2. The normalized spacial score (nSPS) is 13.9. The zero-order valence-corrected chi connectivity index (χ0v) is 12.9. The second-order valence-electron chi connectivity index (χ2n) is 5.19. The molecule has 1 N–H and O–H groups in total. The Balaban J connectivity index is 2.07. The lowest BCUT2D eigenvalue weighted by molar-refractivity contribution is -0.117. The number of sulfone groups is 1. The van der Waals surface area contributed by atoms with Crippen molar-refractivity contribution in [2.24, 2.45) is 0 Å². The van der Waals surface area contributed by atoms with Crippen molar-refractivity contribution in [3.8, 4) is 0 Å². The molecule has 1 aromatic rings. The van der Waals surface area contributed by atoms with Gasteiger partial charge in [0.15, 0.2) is 0 Å². The molecule has 1 aliphatic rings. The van der Waals surface area contributed by atoms with Gasteiger partial charge in [-0.3, -0.25) is 9.59 Å². The van der Waals surface area contributed by atoms with Gasteiger partial charge < -0.3 is 10.2 Å². The number of anilines is 2. The van der Waals surface area contributed by atoms with Gasteiger partial charge in [-0.05, 0) is 24.1 Å². The van der Waals surface area contributed by atoms with Crippen LogP contribution in [0.25, 0.3) is 0 Å². The quantitative estimate of drug-likeness (QED) is 0.898. The molecule has 1 heterocycles. The third-order valence-corrected chi connectivity index (χ3v) is 4.29. The highest BCUT2D eigenvalue weighted by atomic mass is 32.2. The standard InChI is InChI=1S/C14H18N2O4S/c1-10(17)16-7-5-11-3-4-12(9-13(11)16)15-14(18)6-8-21(2,19)20/h3-4,9H,5-8H2,1-2H3,(H,15,18). The molecule has 21 heavy (non-hydrogen) atoms. The van der Waals surface area contributed by atoms with Crippen molar-refractivity contribution in [2.75, 3.05) is 28.8 Å². The van der Waals surface area contributed by atoms with Gasteiger partial charge in [-0.2, -0.15) is 0 Å². The highest BCUT2D eigenvalue weighted by Gasteiger charge is 2.22. The summed E-state index contributed by atoms with van der Waals surface area (Å²) in [7, 11) is -3.15. The smallest absolute Gasteiger partial charge is 0.225 e. The van der Waals surface area contributed by atoms with E-state index in [1.807, 2.05) is 6.07 Å². The number of benzene rings is 1. The van der Waals surface area contributed by atoms with E-state index in [1.165, 1.54) is 6.92 Å². The molecule has 0 bridgehead atoms. The molecule has 0 atom stereocenters. The van der Waals surface area contributed by atoms with E-state index >= 15 is 0 Å². The summed E-state index contributed by atoms with van der Waals surface area (Å²) < 4.78 is 22.1. The number of nitrogens with zero attached hydrogens (tertiary/aromatic N) is 1. The Bertz CT molecular complexity index is 682. The fourth-order valence-corrected chi connectivity index (χ4v) is 2.84. The number of fused-ring (bicyclic) bond motifs is 1. The number of hydrogen-bond acceptors (Lipinski definition) is 4. The monoisotopic (exact) mass is 310 g/mol. The predicted octanol–water partition coefficient (Wildman–Crippen LogP) is 0.969. The maximum Gasteiger partial charge on any atom is 0.225 e. The zero-order valence-electron chi connectivity index (χ0n) is 12.0. The van der Waals surface area contributed by atoms with Crippen LogP contribution in [-0.4, -0.2) is 38.8 Å². The number of rotatable bonds is 4. The summed E-state index contributed by atoms with van der Waals surface area (Å²) >= 11 is 0. The van der Waals surface area contributed by atoms with Crippen LogP contribution in [0.15, 0.2) is 18.2 Å². The van der Waals surface area contributed by atoms with E-state index in [4.69, 9.17) is 0 Å². The van der Waals surface area contributed by atoms with E-state index in [-0.39, 0.29) is 24.0 Å². The molecule has 0 spiro atoms. The van der Waals surface area contributed by atoms with E-state index < -0.39 is 9.84 Å². The van der Waals surface area contributed by atoms with Crippen LogP contribution < -0.4 is 10.2 Å². The third-order valence-electron chi connectivity index (χ3n) is 3.34. The molecular weight excluding hydrogens is 292 g/mol. The molecule has 2 rings (SSSR count). The van der Waals surface area contributed by atoms with Crippen LogP contribution in [0.5, 0.6) is 0 Å². The van der Waals surface area contributed by atoms with E-state index in [0.717, 1.165) is 23.9 Å². The zero-order chi connectivity index (χ0) is 15.6.